The molecule has 7 nitrogen and oxygen atoms in total. The summed E-state index contributed by atoms with van der Waals surface area (Å²) < 4.78 is 4.66. The number of carboxylic acid groups (broad SMARTS) is 1. The van der Waals surface area contributed by atoms with Crippen molar-refractivity contribution in [1.29, 1.82) is 0 Å². The van der Waals surface area contributed by atoms with Crippen molar-refractivity contribution in [1.82, 2.24) is 10.6 Å². The summed E-state index contributed by atoms with van der Waals surface area (Å²) in [6.07, 6.45) is 2.39. The zero-order valence-electron chi connectivity index (χ0n) is 12.7. The van der Waals surface area contributed by atoms with Gasteiger partial charge in [0.1, 0.15) is 6.04 Å². The molecule has 0 bridgehead atoms. The highest BCUT2D eigenvalue weighted by atomic mass is 16.5. The number of aliphatic carboxylic acids is 1. The molecule has 1 fully saturated rings. The maximum atomic E-state index is 11.9. The lowest BCUT2D eigenvalue weighted by atomic mass is 9.86. The summed E-state index contributed by atoms with van der Waals surface area (Å²) in [4.78, 5) is 34.3. The quantitative estimate of drug-likeness (QED) is 0.660. The van der Waals surface area contributed by atoms with Gasteiger partial charge in [0.15, 0.2) is 0 Å². The van der Waals surface area contributed by atoms with Gasteiger partial charge >= 0.3 is 18.0 Å². The van der Waals surface area contributed by atoms with E-state index in [-0.39, 0.29) is 17.9 Å². The SMILES string of the molecule is COC(=O)C(NC(=O)NC1CCC(C(=O)O)CC1)C(C)C. The van der Waals surface area contributed by atoms with Gasteiger partial charge in [-0.15, -0.1) is 0 Å². The maximum Gasteiger partial charge on any atom is 0.328 e. The molecule has 0 aromatic heterocycles. The Morgan fingerprint density at radius 2 is 1.71 bits per heavy atom. The number of methoxy groups -OCH3 is 1. The number of esters is 1. The summed E-state index contributed by atoms with van der Waals surface area (Å²) in [5.74, 6) is -1.64. The summed E-state index contributed by atoms with van der Waals surface area (Å²) in [5, 5.41) is 14.3. The first kappa shape index (κ1) is 17.3. The van der Waals surface area contributed by atoms with Crippen LogP contribution in [-0.2, 0) is 14.3 Å². The molecular formula is C14H24N2O5. The molecule has 0 radical (unpaired) electrons. The van der Waals surface area contributed by atoms with Gasteiger partial charge in [-0.05, 0) is 31.6 Å². The number of hydrogen-bond acceptors (Lipinski definition) is 4. The first-order chi connectivity index (χ1) is 9.85. The molecule has 3 N–H and O–H groups in total. The third-order valence-corrected chi connectivity index (χ3v) is 3.82. The van der Waals surface area contributed by atoms with Gasteiger partial charge in [0.2, 0.25) is 0 Å². The summed E-state index contributed by atoms with van der Waals surface area (Å²) >= 11 is 0. The Morgan fingerprint density at radius 3 is 2.14 bits per heavy atom. The van der Waals surface area contributed by atoms with Crippen molar-refractivity contribution in [3.63, 3.8) is 0 Å². The number of rotatable bonds is 5. The van der Waals surface area contributed by atoms with Crippen molar-refractivity contribution >= 4 is 18.0 Å². The Balaban J connectivity index is 2.43. The highest BCUT2D eigenvalue weighted by Crippen LogP contribution is 2.24. The Morgan fingerprint density at radius 1 is 1.14 bits per heavy atom. The van der Waals surface area contributed by atoms with Crippen molar-refractivity contribution in [2.45, 2.75) is 51.6 Å². The van der Waals surface area contributed by atoms with Gasteiger partial charge in [-0.1, -0.05) is 13.8 Å². The predicted octanol–water partition coefficient (Wildman–Crippen LogP) is 1.13. The van der Waals surface area contributed by atoms with Gasteiger partial charge in [-0.2, -0.15) is 0 Å². The smallest absolute Gasteiger partial charge is 0.328 e. The van der Waals surface area contributed by atoms with E-state index in [9.17, 15) is 14.4 Å². The van der Waals surface area contributed by atoms with Crippen molar-refractivity contribution in [3.05, 3.63) is 0 Å². The minimum absolute atomic E-state index is 0.0499. The summed E-state index contributed by atoms with van der Waals surface area (Å²) in [6, 6.07) is -1.16. The molecule has 1 atom stereocenters. The predicted molar refractivity (Wildman–Crippen MR) is 75.7 cm³/mol. The van der Waals surface area contributed by atoms with Gasteiger partial charge in [0.25, 0.3) is 0 Å². The largest absolute Gasteiger partial charge is 0.481 e. The average molecular weight is 300 g/mol. The van der Waals surface area contributed by atoms with Crippen molar-refractivity contribution in [2.75, 3.05) is 7.11 Å². The zero-order chi connectivity index (χ0) is 16.0. The summed E-state index contributed by atoms with van der Waals surface area (Å²) in [7, 11) is 1.28. The number of hydrogen-bond donors (Lipinski definition) is 3. The van der Waals surface area contributed by atoms with Crippen LogP contribution in [0.5, 0.6) is 0 Å². The lowest BCUT2D eigenvalue weighted by Gasteiger charge is -2.28. The molecule has 1 rings (SSSR count). The van der Waals surface area contributed by atoms with Crippen LogP contribution in [0, 0.1) is 11.8 Å². The highest BCUT2D eigenvalue weighted by molar-refractivity contribution is 5.83. The number of urea groups is 1. The average Bonchev–Trinajstić information content (AvgIpc) is 2.44. The molecule has 0 heterocycles. The van der Waals surface area contributed by atoms with E-state index in [1.54, 1.807) is 0 Å². The number of ether oxygens (including phenoxy) is 1. The number of nitrogens with one attached hydrogen (secondary N) is 2. The second-order valence-electron chi connectivity index (χ2n) is 5.75. The molecule has 21 heavy (non-hydrogen) atoms. The molecule has 0 aliphatic heterocycles. The minimum atomic E-state index is -0.775. The van der Waals surface area contributed by atoms with E-state index in [0.717, 1.165) is 0 Å². The molecule has 2 amide bonds. The Kier molecular flexibility index (Phi) is 6.45. The van der Waals surface area contributed by atoms with Crippen LogP contribution < -0.4 is 10.6 Å². The molecule has 0 spiro atoms. The fraction of sp³-hybridized carbons (Fsp3) is 0.786. The van der Waals surface area contributed by atoms with E-state index >= 15 is 0 Å². The van der Waals surface area contributed by atoms with Gasteiger partial charge in [0, 0.05) is 6.04 Å². The van der Waals surface area contributed by atoms with E-state index in [1.165, 1.54) is 7.11 Å². The third-order valence-electron chi connectivity index (χ3n) is 3.82. The fourth-order valence-corrected chi connectivity index (χ4v) is 2.48. The first-order valence-corrected chi connectivity index (χ1v) is 7.22. The van der Waals surface area contributed by atoms with Crippen LogP contribution in [0.2, 0.25) is 0 Å². The standard InChI is InChI=1S/C14H24N2O5/c1-8(2)11(13(19)21-3)16-14(20)15-10-6-4-9(5-7-10)12(17)18/h8-11H,4-7H2,1-3H3,(H,17,18)(H2,15,16,20). The second kappa shape index (κ2) is 7.85. The highest BCUT2D eigenvalue weighted by Gasteiger charge is 2.29. The number of carbonyl (C=O) groups excluding carboxylic acids is 2. The first-order valence-electron chi connectivity index (χ1n) is 7.22. The number of carbonyl (C=O) groups is 3. The van der Waals surface area contributed by atoms with Crippen LogP contribution in [0.25, 0.3) is 0 Å². The van der Waals surface area contributed by atoms with Crippen LogP contribution in [-0.4, -0.2) is 42.3 Å². The van der Waals surface area contributed by atoms with Gasteiger partial charge in [0.05, 0.1) is 13.0 Å². The monoisotopic (exact) mass is 300 g/mol. The van der Waals surface area contributed by atoms with E-state index in [2.05, 4.69) is 15.4 Å². The van der Waals surface area contributed by atoms with E-state index in [4.69, 9.17) is 5.11 Å². The van der Waals surface area contributed by atoms with Crippen molar-refractivity contribution in [2.24, 2.45) is 11.8 Å². The normalized spacial score (nSPS) is 23.2. The summed E-state index contributed by atoms with van der Waals surface area (Å²) in [5.41, 5.74) is 0. The van der Waals surface area contributed by atoms with Crippen LogP contribution in [0.4, 0.5) is 4.79 Å². The minimum Gasteiger partial charge on any atom is -0.481 e. The lowest BCUT2D eigenvalue weighted by molar-refractivity contribution is -0.144. The maximum absolute atomic E-state index is 11.9. The Labute approximate surface area is 124 Å². The fourth-order valence-electron chi connectivity index (χ4n) is 2.48. The molecule has 1 aliphatic carbocycles. The second-order valence-corrected chi connectivity index (χ2v) is 5.75. The number of carboxylic acids is 1. The lowest BCUT2D eigenvalue weighted by Crippen LogP contribution is -2.52. The van der Waals surface area contributed by atoms with E-state index < -0.39 is 24.0 Å². The molecule has 0 aromatic carbocycles. The molecule has 7 heteroatoms. The van der Waals surface area contributed by atoms with Gasteiger partial charge < -0.3 is 20.5 Å². The topological polar surface area (TPSA) is 105 Å². The molecule has 0 aromatic rings. The Hall–Kier alpha value is -1.79. The van der Waals surface area contributed by atoms with Crippen molar-refractivity contribution < 1.29 is 24.2 Å². The molecular weight excluding hydrogens is 276 g/mol. The molecule has 1 saturated carbocycles. The molecule has 0 saturated heterocycles. The van der Waals surface area contributed by atoms with Crippen LogP contribution in [0.1, 0.15) is 39.5 Å². The third kappa shape index (κ3) is 5.24. The van der Waals surface area contributed by atoms with Crippen LogP contribution in [0.3, 0.4) is 0 Å². The molecule has 1 unspecified atom stereocenters. The van der Waals surface area contributed by atoms with E-state index in [0.29, 0.717) is 25.7 Å². The molecule has 120 valence electrons. The van der Waals surface area contributed by atoms with Crippen molar-refractivity contribution in [3.8, 4) is 0 Å². The van der Waals surface area contributed by atoms with Crippen LogP contribution in [0.15, 0.2) is 0 Å². The Bertz CT molecular complexity index is 389. The van der Waals surface area contributed by atoms with Gasteiger partial charge in [-0.3, -0.25) is 4.79 Å². The van der Waals surface area contributed by atoms with Crippen LogP contribution >= 0.6 is 0 Å². The zero-order valence-corrected chi connectivity index (χ0v) is 12.7. The molecule has 1 aliphatic rings. The van der Waals surface area contributed by atoms with E-state index in [1.807, 2.05) is 13.8 Å². The number of amides is 2. The van der Waals surface area contributed by atoms with Gasteiger partial charge in [-0.25, -0.2) is 9.59 Å². The summed E-state index contributed by atoms with van der Waals surface area (Å²) in [6.45, 7) is 3.64.